The van der Waals surface area contributed by atoms with Crippen molar-refractivity contribution in [1.82, 2.24) is 5.32 Å². The number of carboxylic acids is 1. The lowest BCUT2D eigenvalue weighted by atomic mass is 10.1. The molecule has 0 aliphatic rings. The third kappa shape index (κ3) is 6.26. The maximum atomic E-state index is 11.4. The minimum absolute atomic E-state index is 0.473. The van der Waals surface area contributed by atoms with Gasteiger partial charge in [0.25, 0.3) is 0 Å². The molecule has 1 aromatic carbocycles. The lowest BCUT2D eigenvalue weighted by Crippen LogP contribution is -2.24. The van der Waals surface area contributed by atoms with Crippen LogP contribution in [0.15, 0.2) is 36.5 Å². The molecule has 1 aromatic rings. The fourth-order valence-electron chi connectivity index (χ4n) is 1.49. The van der Waals surface area contributed by atoms with Crippen LogP contribution >= 0.6 is 0 Å². The molecule has 0 bridgehead atoms. The van der Waals surface area contributed by atoms with Crippen molar-refractivity contribution in [3.05, 3.63) is 42.1 Å². The summed E-state index contributed by atoms with van der Waals surface area (Å²) in [4.78, 5) is 21.6. The highest BCUT2D eigenvalue weighted by molar-refractivity contribution is 5.90. The van der Waals surface area contributed by atoms with E-state index < -0.39 is 12.0 Å². The van der Waals surface area contributed by atoms with E-state index in [-0.39, 0.29) is 0 Å². The zero-order valence-corrected chi connectivity index (χ0v) is 10.8. The van der Waals surface area contributed by atoms with Crippen LogP contribution < -0.4 is 10.6 Å². The predicted octanol–water partition coefficient (Wildman–Crippen LogP) is 2.75. The number of aryl methyl sites for hydroxylation is 1. The molecule has 0 atom stereocenters. The van der Waals surface area contributed by atoms with Gasteiger partial charge in [0.1, 0.15) is 0 Å². The van der Waals surface area contributed by atoms with Gasteiger partial charge in [0.05, 0.1) is 0 Å². The van der Waals surface area contributed by atoms with E-state index in [1.165, 1.54) is 5.56 Å². The van der Waals surface area contributed by atoms with Crippen LogP contribution in [-0.4, -0.2) is 17.1 Å². The lowest BCUT2D eigenvalue weighted by molar-refractivity contribution is -0.131. The zero-order chi connectivity index (χ0) is 14.1. The van der Waals surface area contributed by atoms with Crippen molar-refractivity contribution >= 4 is 17.7 Å². The van der Waals surface area contributed by atoms with E-state index >= 15 is 0 Å². The summed E-state index contributed by atoms with van der Waals surface area (Å²) < 4.78 is 0. The number of nitrogens with one attached hydrogen (secondary N) is 2. The Morgan fingerprint density at radius 2 is 1.95 bits per heavy atom. The van der Waals surface area contributed by atoms with Gasteiger partial charge in [-0.05, 0) is 30.5 Å². The number of urea groups is 1. The molecule has 5 heteroatoms. The van der Waals surface area contributed by atoms with Crippen LogP contribution in [0.25, 0.3) is 0 Å². The first kappa shape index (κ1) is 14.8. The first-order chi connectivity index (χ1) is 9.11. The van der Waals surface area contributed by atoms with Gasteiger partial charge in [0.2, 0.25) is 0 Å². The molecule has 5 nitrogen and oxygen atoms in total. The predicted molar refractivity (Wildman–Crippen MR) is 74.0 cm³/mol. The third-order valence-corrected chi connectivity index (χ3v) is 2.47. The van der Waals surface area contributed by atoms with Crippen molar-refractivity contribution < 1.29 is 14.7 Å². The largest absolute Gasteiger partial charge is 0.478 e. The fourth-order valence-corrected chi connectivity index (χ4v) is 1.49. The summed E-state index contributed by atoms with van der Waals surface area (Å²) in [5.74, 6) is -1.11. The quantitative estimate of drug-likeness (QED) is 0.690. The molecule has 19 heavy (non-hydrogen) atoms. The van der Waals surface area contributed by atoms with Crippen LogP contribution in [0.3, 0.4) is 0 Å². The number of aliphatic carboxylic acids is 1. The van der Waals surface area contributed by atoms with Gasteiger partial charge in [-0.25, -0.2) is 9.59 Å². The summed E-state index contributed by atoms with van der Waals surface area (Å²) >= 11 is 0. The molecule has 102 valence electrons. The number of anilines is 1. The summed E-state index contributed by atoms with van der Waals surface area (Å²) in [5.41, 5.74) is 1.90. The second kappa shape index (κ2) is 7.92. The lowest BCUT2D eigenvalue weighted by Gasteiger charge is -2.05. The monoisotopic (exact) mass is 262 g/mol. The molecule has 2 amide bonds. The first-order valence-electron chi connectivity index (χ1n) is 6.17. The zero-order valence-electron chi connectivity index (χ0n) is 10.8. The van der Waals surface area contributed by atoms with Gasteiger partial charge in [-0.2, -0.15) is 0 Å². The smallest absolute Gasteiger partial charge is 0.329 e. The maximum Gasteiger partial charge on any atom is 0.329 e. The number of hydrogen-bond donors (Lipinski definition) is 3. The Bertz CT molecular complexity index is 452. The average molecular weight is 262 g/mol. The van der Waals surface area contributed by atoms with Crippen LogP contribution in [0.1, 0.15) is 25.3 Å². The Balaban J connectivity index is 2.44. The number of carbonyl (C=O) groups is 2. The molecule has 0 saturated carbocycles. The molecule has 0 unspecified atom stereocenters. The molecule has 0 aromatic heterocycles. The third-order valence-electron chi connectivity index (χ3n) is 2.47. The maximum absolute atomic E-state index is 11.4. The number of carboxylic acid groups (broad SMARTS) is 1. The summed E-state index contributed by atoms with van der Waals surface area (Å²) in [6.07, 6.45) is 5.26. The van der Waals surface area contributed by atoms with Crippen LogP contribution in [0.5, 0.6) is 0 Å². The van der Waals surface area contributed by atoms with Gasteiger partial charge in [-0.3, -0.25) is 0 Å². The molecule has 0 fully saturated rings. The van der Waals surface area contributed by atoms with Gasteiger partial charge < -0.3 is 15.7 Å². The normalized spacial score (nSPS) is 10.4. The molecule has 0 aliphatic heterocycles. The van der Waals surface area contributed by atoms with Crippen LogP contribution in [0.2, 0.25) is 0 Å². The Hall–Kier alpha value is -2.30. The number of unbranched alkanes of at least 4 members (excludes halogenated alkanes) is 1. The molecule has 0 heterocycles. The van der Waals surface area contributed by atoms with E-state index in [9.17, 15) is 9.59 Å². The number of amides is 2. The second-order valence-corrected chi connectivity index (χ2v) is 4.07. The van der Waals surface area contributed by atoms with E-state index in [2.05, 4.69) is 17.6 Å². The van der Waals surface area contributed by atoms with Crippen molar-refractivity contribution in [2.24, 2.45) is 0 Å². The average Bonchev–Trinajstić information content (AvgIpc) is 2.37. The van der Waals surface area contributed by atoms with E-state index in [1.807, 2.05) is 24.3 Å². The van der Waals surface area contributed by atoms with E-state index in [4.69, 9.17) is 5.11 Å². The summed E-state index contributed by atoms with van der Waals surface area (Å²) in [5, 5.41) is 13.3. The minimum Gasteiger partial charge on any atom is -0.478 e. The van der Waals surface area contributed by atoms with Crippen molar-refractivity contribution in [2.75, 3.05) is 5.32 Å². The van der Waals surface area contributed by atoms with E-state index in [1.54, 1.807) is 0 Å². The highest BCUT2D eigenvalue weighted by Gasteiger charge is 1.99. The van der Waals surface area contributed by atoms with Gasteiger partial charge in [0.15, 0.2) is 0 Å². The summed E-state index contributed by atoms with van der Waals surface area (Å²) in [6, 6.07) is 7.12. The Labute approximate surface area is 112 Å². The SMILES string of the molecule is CCCCc1ccc(NC(=O)N/C=C/C(=O)O)cc1. The van der Waals surface area contributed by atoms with Crippen molar-refractivity contribution in [3.8, 4) is 0 Å². The van der Waals surface area contributed by atoms with Crippen LogP contribution in [-0.2, 0) is 11.2 Å². The van der Waals surface area contributed by atoms with Gasteiger partial charge >= 0.3 is 12.0 Å². The Morgan fingerprint density at radius 3 is 2.53 bits per heavy atom. The highest BCUT2D eigenvalue weighted by Crippen LogP contribution is 2.11. The molecule has 3 N–H and O–H groups in total. The van der Waals surface area contributed by atoms with Crippen molar-refractivity contribution in [2.45, 2.75) is 26.2 Å². The first-order valence-corrected chi connectivity index (χ1v) is 6.17. The molecule has 0 radical (unpaired) electrons. The number of hydrogen-bond acceptors (Lipinski definition) is 2. The minimum atomic E-state index is -1.11. The van der Waals surface area contributed by atoms with Crippen LogP contribution in [0, 0.1) is 0 Å². The molecular formula is C14H18N2O3. The number of benzene rings is 1. The van der Waals surface area contributed by atoms with E-state index in [0.717, 1.165) is 31.5 Å². The number of rotatable bonds is 6. The topological polar surface area (TPSA) is 78.4 Å². The molecule has 1 rings (SSSR count). The van der Waals surface area contributed by atoms with Gasteiger partial charge in [0, 0.05) is 18.0 Å². The fraction of sp³-hybridized carbons (Fsp3) is 0.286. The van der Waals surface area contributed by atoms with Crippen molar-refractivity contribution in [1.29, 1.82) is 0 Å². The molecule has 0 aliphatic carbocycles. The summed E-state index contributed by atoms with van der Waals surface area (Å²) in [6.45, 7) is 2.14. The number of carbonyl (C=O) groups excluding carboxylic acids is 1. The van der Waals surface area contributed by atoms with Crippen LogP contribution in [0.4, 0.5) is 10.5 Å². The van der Waals surface area contributed by atoms with Gasteiger partial charge in [-0.1, -0.05) is 25.5 Å². The highest BCUT2D eigenvalue weighted by atomic mass is 16.4. The Kier molecular flexibility index (Phi) is 6.15. The van der Waals surface area contributed by atoms with Crippen molar-refractivity contribution in [3.63, 3.8) is 0 Å². The second-order valence-electron chi connectivity index (χ2n) is 4.07. The molecule has 0 saturated heterocycles. The standard InChI is InChI=1S/C14H18N2O3/c1-2-3-4-11-5-7-12(8-6-11)16-14(19)15-10-9-13(17)18/h5-10H,2-4H2,1H3,(H,17,18)(H2,15,16,19)/b10-9+. The van der Waals surface area contributed by atoms with E-state index in [0.29, 0.717) is 5.69 Å². The Morgan fingerprint density at radius 1 is 1.26 bits per heavy atom. The molecule has 0 spiro atoms. The molecular weight excluding hydrogens is 244 g/mol. The van der Waals surface area contributed by atoms with Gasteiger partial charge in [-0.15, -0.1) is 0 Å². The summed E-state index contributed by atoms with van der Waals surface area (Å²) in [7, 11) is 0.